The Morgan fingerprint density at radius 1 is 1.04 bits per heavy atom. The van der Waals surface area contributed by atoms with Crippen molar-refractivity contribution in [3.05, 3.63) is 92.7 Å². The SMILES string of the molecule is C=O.Cc1ccc(Cl)c(Cl)c1.O=C(c1cccnc1)c1cc(Cl)ccc1NO. The van der Waals surface area contributed by atoms with Crippen molar-refractivity contribution in [2.75, 3.05) is 5.48 Å². The first-order valence-electron chi connectivity index (χ1n) is 7.77. The van der Waals surface area contributed by atoms with E-state index in [1.807, 2.05) is 31.3 Å². The maximum Gasteiger partial charge on any atom is 0.196 e. The molecule has 8 heteroatoms. The molecule has 3 rings (SSSR count). The third-order valence-electron chi connectivity index (χ3n) is 3.35. The van der Waals surface area contributed by atoms with Gasteiger partial charge in [-0.1, -0.05) is 40.9 Å². The molecule has 2 N–H and O–H groups in total. The van der Waals surface area contributed by atoms with Crippen LogP contribution in [0.2, 0.25) is 15.1 Å². The Bertz CT molecular complexity index is 922. The van der Waals surface area contributed by atoms with Crippen LogP contribution in [-0.2, 0) is 4.79 Å². The van der Waals surface area contributed by atoms with Crippen LogP contribution in [0.1, 0.15) is 21.5 Å². The average molecular weight is 440 g/mol. The molecular formula is C20H17Cl3N2O3. The van der Waals surface area contributed by atoms with Crippen molar-refractivity contribution >= 4 is 53.1 Å². The van der Waals surface area contributed by atoms with Crippen LogP contribution < -0.4 is 5.48 Å². The molecule has 1 aromatic heterocycles. The number of carbonyl (C=O) groups excluding carboxylic acids is 2. The van der Waals surface area contributed by atoms with E-state index in [0.29, 0.717) is 31.9 Å². The van der Waals surface area contributed by atoms with E-state index in [1.54, 1.807) is 30.5 Å². The van der Waals surface area contributed by atoms with E-state index in [4.69, 9.17) is 44.8 Å². The minimum Gasteiger partial charge on any atom is -0.307 e. The van der Waals surface area contributed by atoms with E-state index in [-0.39, 0.29) is 5.78 Å². The fourth-order valence-electron chi connectivity index (χ4n) is 2.06. The van der Waals surface area contributed by atoms with Gasteiger partial charge in [-0.15, -0.1) is 0 Å². The fraction of sp³-hybridized carbons (Fsp3) is 0.0500. The number of hydrogen-bond acceptors (Lipinski definition) is 5. The van der Waals surface area contributed by atoms with Crippen molar-refractivity contribution in [1.82, 2.24) is 4.98 Å². The van der Waals surface area contributed by atoms with Gasteiger partial charge in [0.2, 0.25) is 0 Å². The predicted molar refractivity (Wildman–Crippen MR) is 113 cm³/mol. The van der Waals surface area contributed by atoms with E-state index in [1.165, 1.54) is 18.3 Å². The number of hydrogen-bond donors (Lipinski definition) is 2. The average Bonchev–Trinajstić information content (AvgIpc) is 2.73. The van der Waals surface area contributed by atoms with E-state index >= 15 is 0 Å². The van der Waals surface area contributed by atoms with E-state index in [0.717, 1.165) is 5.56 Å². The number of nitrogens with zero attached hydrogens (tertiary/aromatic N) is 1. The maximum absolute atomic E-state index is 12.1. The topological polar surface area (TPSA) is 79.3 Å². The van der Waals surface area contributed by atoms with Crippen LogP contribution in [0.5, 0.6) is 0 Å². The summed E-state index contributed by atoms with van der Waals surface area (Å²) in [5.74, 6) is -0.253. The zero-order valence-electron chi connectivity index (χ0n) is 14.8. The van der Waals surface area contributed by atoms with E-state index in [9.17, 15) is 4.79 Å². The van der Waals surface area contributed by atoms with Crippen molar-refractivity contribution in [2.45, 2.75) is 6.92 Å². The lowest BCUT2D eigenvalue weighted by atomic mass is 10.0. The minimum absolute atomic E-state index is 0.253. The van der Waals surface area contributed by atoms with E-state index < -0.39 is 0 Å². The molecule has 1 heterocycles. The van der Waals surface area contributed by atoms with Crippen molar-refractivity contribution in [1.29, 1.82) is 0 Å². The van der Waals surface area contributed by atoms with Crippen LogP contribution in [0.15, 0.2) is 60.9 Å². The highest BCUT2D eigenvalue weighted by Crippen LogP contribution is 2.23. The van der Waals surface area contributed by atoms with Crippen LogP contribution >= 0.6 is 34.8 Å². The lowest BCUT2D eigenvalue weighted by Crippen LogP contribution is -2.06. The zero-order chi connectivity index (χ0) is 21.1. The van der Waals surface area contributed by atoms with Crippen LogP contribution in [0, 0.1) is 6.92 Å². The molecule has 0 spiro atoms. The quantitative estimate of drug-likeness (QED) is 0.393. The lowest BCUT2D eigenvalue weighted by Gasteiger charge is -2.07. The van der Waals surface area contributed by atoms with Gasteiger partial charge in [-0.25, -0.2) is 0 Å². The molecule has 0 fully saturated rings. The number of anilines is 1. The molecule has 0 amide bonds. The monoisotopic (exact) mass is 438 g/mol. The van der Waals surface area contributed by atoms with Gasteiger partial charge < -0.3 is 4.79 Å². The van der Waals surface area contributed by atoms with Gasteiger partial charge in [0.15, 0.2) is 5.78 Å². The number of halogens is 3. The maximum atomic E-state index is 12.1. The van der Waals surface area contributed by atoms with Crippen LogP contribution in [-0.4, -0.2) is 22.8 Å². The summed E-state index contributed by atoms with van der Waals surface area (Å²) in [5, 5.41) is 10.6. The van der Waals surface area contributed by atoms with Gasteiger partial charge >= 0.3 is 0 Å². The first-order valence-corrected chi connectivity index (χ1v) is 8.90. The largest absolute Gasteiger partial charge is 0.307 e. The Labute approximate surface area is 177 Å². The number of aryl methyl sites for hydroxylation is 1. The van der Waals surface area contributed by atoms with Gasteiger partial charge in [0.05, 0.1) is 15.7 Å². The standard InChI is InChI=1S/C12H9ClN2O2.C7H6Cl2.CH2O/c13-9-3-4-11(15-17)10(6-9)12(16)8-2-1-5-14-7-8;1-5-2-3-6(8)7(9)4-5;1-2/h1-7,15,17H;2-4H,1H3;1H2. The molecule has 146 valence electrons. The Hall–Kier alpha value is -2.44. The van der Waals surface area contributed by atoms with Crippen LogP contribution in [0.3, 0.4) is 0 Å². The summed E-state index contributed by atoms with van der Waals surface area (Å²) in [4.78, 5) is 24.0. The summed E-state index contributed by atoms with van der Waals surface area (Å²) in [6.07, 6.45) is 3.05. The fourth-order valence-corrected chi connectivity index (χ4v) is 2.58. The summed E-state index contributed by atoms with van der Waals surface area (Å²) in [6, 6.07) is 13.5. The Morgan fingerprint density at radius 2 is 1.75 bits per heavy atom. The highest BCUT2D eigenvalue weighted by molar-refractivity contribution is 6.42. The molecule has 0 aliphatic rings. The molecule has 0 saturated heterocycles. The van der Waals surface area contributed by atoms with Gasteiger partial charge in [0.25, 0.3) is 0 Å². The van der Waals surface area contributed by atoms with Gasteiger partial charge in [0, 0.05) is 28.5 Å². The summed E-state index contributed by atoms with van der Waals surface area (Å²) in [5.41, 5.74) is 4.15. The van der Waals surface area contributed by atoms with Crippen molar-refractivity contribution in [2.24, 2.45) is 0 Å². The summed E-state index contributed by atoms with van der Waals surface area (Å²) >= 11 is 17.2. The highest BCUT2D eigenvalue weighted by Gasteiger charge is 2.14. The van der Waals surface area contributed by atoms with Crippen LogP contribution in [0.4, 0.5) is 5.69 Å². The number of aromatic nitrogens is 1. The second-order valence-corrected chi connectivity index (χ2v) is 6.54. The number of benzene rings is 2. The molecule has 5 nitrogen and oxygen atoms in total. The van der Waals surface area contributed by atoms with Crippen LogP contribution in [0.25, 0.3) is 0 Å². The molecule has 0 bridgehead atoms. The Balaban J connectivity index is 0.000000301. The molecule has 28 heavy (non-hydrogen) atoms. The van der Waals surface area contributed by atoms with Crippen molar-refractivity contribution < 1.29 is 14.8 Å². The molecule has 0 aliphatic carbocycles. The second kappa shape index (κ2) is 12.1. The Morgan fingerprint density at radius 3 is 2.29 bits per heavy atom. The third kappa shape index (κ3) is 6.94. The minimum atomic E-state index is -0.253. The van der Waals surface area contributed by atoms with Crippen molar-refractivity contribution in [3.63, 3.8) is 0 Å². The number of ketones is 1. The molecule has 0 radical (unpaired) electrons. The number of rotatable bonds is 3. The number of nitrogens with one attached hydrogen (secondary N) is 1. The van der Waals surface area contributed by atoms with Crippen molar-refractivity contribution in [3.8, 4) is 0 Å². The lowest BCUT2D eigenvalue weighted by molar-refractivity contribution is -0.0980. The summed E-state index contributed by atoms with van der Waals surface area (Å²) < 4.78 is 0. The predicted octanol–water partition coefficient (Wildman–Crippen LogP) is 5.88. The van der Waals surface area contributed by atoms with Gasteiger partial charge in [-0.2, -0.15) is 0 Å². The third-order valence-corrected chi connectivity index (χ3v) is 4.32. The molecule has 0 atom stereocenters. The first-order chi connectivity index (χ1) is 13.4. The molecular weight excluding hydrogens is 423 g/mol. The van der Waals surface area contributed by atoms with Gasteiger partial charge in [-0.05, 0) is 55.0 Å². The molecule has 0 unspecified atom stereocenters. The number of pyridine rings is 1. The summed E-state index contributed by atoms with van der Waals surface area (Å²) in [6.45, 7) is 3.97. The molecule has 0 aliphatic heterocycles. The molecule has 3 aromatic rings. The normalized spacial score (nSPS) is 9.32. The highest BCUT2D eigenvalue weighted by atomic mass is 35.5. The second-order valence-electron chi connectivity index (χ2n) is 5.29. The van der Waals surface area contributed by atoms with Gasteiger partial charge in [-0.3, -0.25) is 20.5 Å². The first kappa shape index (κ1) is 23.6. The zero-order valence-corrected chi connectivity index (χ0v) is 17.1. The smallest absolute Gasteiger partial charge is 0.196 e. The molecule has 0 saturated carbocycles. The Kier molecular flexibility index (Phi) is 10.2. The number of carbonyl (C=O) groups is 2. The van der Waals surface area contributed by atoms with Gasteiger partial charge in [0.1, 0.15) is 6.79 Å². The molecule has 2 aromatic carbocycles. The summed E-state index contributed by atoms with van der Waals surface area (Å²) in [7, 11) is 0. The van der Waals surface area contributed by atoms with E-state index in [2.05, 4.69) is 4.98 Å².